The zero-order valence-corrected chi connectivity index (χ0v) is 30.1. The Morgan fingerprint density at radius 1 is 0.865 bits per heavy atom. The second-order valence-corrected chi connectivity index (χ2v) is 16.3. The Balaban J connectivity index is 1.19. The van der Waals surface area contributed by atoms with E-state index in [1.807, 2.05) is 0 Å². The SMILES string of the molecule is N#CC1C=CC2=C(C1)C1(C3=CC(C4=NC(c5ccccc5)NC(C5CC=CCC5)=C4C4=CCCC=C4)CCC32)c2ccccc2OC2CCCCC21. The molecule has 1 N–H and O–H groups in total. The molecule has 2 aliphatic heterocycles. The highest BCUT2D eigenvalue weighted by molar-refractivity contribution is 6.08. The minimum atomic E-state index is -0.240. The van der Waals surface area contributed by atoms with E-state index in [0.29, 0.717) is 17.8 Å². The molecule has 262 valence electrons. The third-order valence-corrected chi connectivity index (χ3v) is 13.6. The summed E-state index contributed by atoms with van der Waals surface area (Å²) >= 11 is 0. The molecule has 1 saturated carbocycles. The lowest BCUT2D eigenvalue weighted by atomic mass is 9.54. The van der Waals surface area contributed by atoms with Gasteiger partial charge in [-0.05, 0) is 99.0 Å². The van der Waals surface area contributed by atoms with Crippen LogP contribution in [0.2, 0.25) is 0 Å². The Kier molecular flexibility index (Phi) is 8.08. The van der Waals surface area contributed by atoms with E-state index < -0.39 is 0 Å². The normalized spacial score (nSPS) is 34.5. The van der Waals surface area contributed by atoms with Crippen molar-refractivity contribution < 1.29 is 4.74 Å². The maximum atomic E-state index is 10.3. The van der Waals surface area contributed by atoms with Crippen molar-refractivity contribution in [2.24, 2.45) is 34.6 Å². The monoisotopic (exact) mass is 683 g/mol. The van der Waals surface area contributed by atoms with Crippen LogP contribution in [0.15, 0.2) is 142 Å². The van der Waals surface area contributed by atoms with Crippen LogP contribution in [0.3, 0.4) is 0 Å². The van der Waals surface area contributed by atoms with Gasteiger partial charge in [-0.3, -0.25) is 4.99 Å². The van der Waals surface area contributed by atoms with Crippen molar-refractivity contribution in [3.8, 4) is 11.8 Å². The van der Waals surface area contributed by atoms with Crippen LogP contribution in [0.25, 0.3) is 0 Å². The summed E-state index contributed by atoms with van der Waals surface area (Å²) in [4.78, 5) is 5.78. The summed E-state index contributed by atoms with van der Waals surface area (Å²) in [7, 11) is 0. The molecule has 8 unspecified atom stereocenters. The first-order chi connectivity index (χ1) is 25.7. The number of hydrogen-bond donors (Lipinski definition) is 1. The quantitative estimate of drug-likeness (QED) is 0.326. The number of para-hydroxylation sites is 1. The lowest BCUT2D eigenvalue weighted by Gasteiger charge is -2.53. The number of benzene rings is 2. The van der Waals surface area contributed by atoms with Crippen LogP contribution in [-0.2, 0) is 5.41 Å². The highest BCUT2D eigenvalue weighted by Crippen LogP contribution is 2.67. The molecule has 0 radical (unpaired) electrons. The molecule has 4 heteroatoms. The van der Waals surface area contributed by atoms with Crippen molar-refractivity contribution in [1.29, 1.82) is 5.26 Å². The van der Waals surface area contributed by atoms with Crippen molar-refractivity contribution in [1.82, 2.24) is 5.32 Å². The first-order valence-corrected chi connectivity index (χ1v) is 20.2. The van der Waals surface area contributed by atoms with Crippen molar-refractivity contribution in [3.63, 3.8) is 0 Å². The molecule has 8 atom stereocenters. The smallest absolute Gasteiger partial charge is 0.144 e. The zero-order chi connectivity index (χ0) is 34.6. The van der Waals surface area contributed by atoms with Crippen molar-refractivity contribution in [2.75, 3.05) is 0 Å². The molecule has 2 aromatic carbocycles. The van der Waals surface area contributed by atoms with Crippen LogP contribution in [0.5, 0.6) is 5.75 Å². The molecule has 10 rings (SSSR count). The second kappa shape index (κ2) is 13.1. The predicted octanol–water partition coefficient (Wildman–Crippen LogP) is 10.9. The van der Waals surface area contributed by atoms with Crippen LogP contribution in [0.1, 0.15) is 94.3 Å². The van der Waals surface area contributed by atoms with Crippen LogP contribution in [0.4, 0.5) is 0 Å². The topological polar surface area (TPSA) is 57.4 Å². The van der Waals surface area contributed by atoms with Gasteiger partial charge in [-0.25, -0.2) is 0 Å². The van der Waals surface area contributed by atoms with Gasteiger partial charge in [-0.1, -0.05) is 109 Å². The standard InChI is InChI=1S/C48H49N3O/c49-30-31-24-26-36-37-27-25-35(29-41(37)48(40(36)28-31)38-20-10-12-22-42(38)52-43-23-13-11-21-39(43)48)46-44(32-14-4-1-5-15-32)45(33-16-6-2-7-17-33)50-47(51-46)34-18-8-3-9-19-34/h2-4,6,8-10,12,14-15,18-20,22,24,26,29,31,33,35,37,39,43,47,50H,1,5,7,11,13,16-17,21,23,25,27-28H2. The summed E-state index contributed by atoms with van der Waals surface area (Å²) in [6.07, 6.45) is 32.6. The van der Waals surface area contributed by atoms with Crippen molar-refractivity contribution in [3.05, 3.63) is 148 Å². The number of nitrogens with one attached hydrogen (secondary N) is 1. The summed E-state index contributed by atoms with van der Waals surface area (Å²) in [5.74, 6) is 2.35. The fraction of sp³-hybridized carbons (Fsp3) is 0.417. The number of ether oxygens (including phenoxy) is 1. The Labute approximate surface area is 309 Å². The van der Waals surface area contributed by atoms with Gasteiger partial charge in [-0.2, -0.15) is 5.26 Å². The lowest BCUT2D eigenvalue weighted by molar-refractivity contribution is 0.0375. The number of allylic oxidation sites excluding steroid dienone is 14. The van der Waals surface area contributed by atoms with Gasteiger partial charge in [-0.15, -0.1) is 0 Å². The maximum Gasteiger partial charge on any atom is 0.144 e. The summed E-state index contributed by atoms with van der Waals surface area (Å²) < 4.78 is 6.93. The van der Waals surface area contributed by atoms with Gasteiger partial charge in [0.1, 0.15) is 18.0 Å². The largest absolute Gasteiger partial charge is 0.490 e. The van der Waals surface area contributed by atoms with E-state index in [9.17, 15) is 5.26 Å². The van der Waals surface area contributed by atoms with E-state index in [1.165, 1.54) is 57.7 Å². The van der Waals surface area contributed by atoms with Gasteiger partial charge in [0.2, 0.25) is 0 Å². The van der Waals surface area contributed by atoms with Crippen molar-refractivity contribution >= 4 is 5.71 Å². The lowest BCUT2D eigenvalue weighted by Crippen LogP contribution is -2.51. The molecule has 2 heterocycles. The Morgan fingerprint density at radius 3 is 2.60 bits per heavy atom. The zero-order valence-electron chi connectivity index (χ0n) is 30.1. The van der Waals surface area contributed by atoms with Crippen LogP contribution >= 0.6 is 0 Å². The van der Waals surface area contributed by atoms with E-state index in [1.54, 1.807) is 5.57 Å². The minimum absolute atomic E-state index is 0.0867. The van der Waals surface area contributed by atoms with E-state index in [4.69, 9.17) is 9.73 Å². The third kappa shape index (κ3) is 5.02. The minimum Gasteiger partial charge on any atom is -0.490 e. The predicted molar refractivity (Wildman–Crippen MR) is 208 cm³/mol. The number of nitrogens with zero attached hydrogens (tertiary/aromatic N) is 2. The number of hydrogen-bond acceptors (Lipinski definition) is 4. The number of rotatable bonds is 4. The molecule has 8 aliphatic rings. The molecule has 0 bridgehead atoms. The molecule has 6 aliphatic carbocycles. The molecule has 0 amide bonds. The van der Waals surface area contributed by atoms with Crippen LogP contribution in [-0.4, -0.2) is 11.8 Å². The molecule has 0 aromatic heterocycles. The maximum absolute atomic E-state index is 10.3. The molecule has 1 fully saturated rings. The van der Waals surface area contributed by atoms with Crippen LogP contribution in [0, 0.1) is 40.9 Å². The van der Waals surface area contributed by atoms with Crippen molar-refractivity contribution in [2.45, 2.75) is 94.7 Å². The Morgan fingerprint density at radius 2 is 1.75 bits per heavy atom. The van der Waals surface area contributed by atoms with Gasteiger partial charge in [0, 0.05) is 45.9 Å². The summed E-state index contributed by atoms with van der Waals surface area (Å²) in [6, 6.07) is 22.5. The highest BCUT2D eigenvalue weighted by atomic mass is 16.5. The van der Waals surface area contributed by atoms with Gasteiger partial charge in [0.05, 0.1) is 17.7 Å². The van der Waals surface area contributed by atoms with Crippen LogP contribution < -0.4 is 10.1 Å². The molecule has 1 spiro atoms. The van der Waals surface area contributed by atoms with E-state index >= 15 is 0 Å². The first kappa shape index (κ1) is 32.1. The molecular weight excluding hydrogens is 635 g/mol. The summed E-state index contributed by atoms with van der Waals surface area (Å²) in [6.45, 7) is 0. The number of aliphatic imine (C=N–C) groups is 1. The fourth-order valence-corrected chi connectivity index (χ4v) is 11.5. The Hall–Kier alpha value is -4.62. The molecule has 52 heavy (non-hydrogen) atoms. The van der Waals surface area contributed by atoms with E-state index in [0.717, 1.165) is 70.0 Å². The van der Waals surface area contributed by atoms with Gasteiger partial charge in [0.15, 0.2) is 0 Å². The van der Waals surface area contributed by atoms with Gasteiger partial charge in [0.25, 0.3) is 0 Å². The third-order valence-electron chi connectivity index (χ3n) is 13.6. The molecule has 2 aromatic rings. The number of fused-ring (bicyclic) bond motifs is 8. The highest BCUT2D eigenvalue weighted by Gasteiger charge is 2.61. The van der Waals surface area contributed by atoms with E-state index in [-0.39, 0.29) is 29.5 Å². The first-order valence-electron chi connectivity index (χ1n) is 20.2. The molecule has 0 saturated heterocycles. The average Bonchev–Trinajstić information content (AvgIpc) is 3.50. The second-order valence-electron chi connectivity index (χ2n) is 16.3. The average molecular weight is 684 g/mol. The molecule has 4 nitrogen and oxygen atoms in total. The van der Waals surface area contributed by atoms with Gasteiger partial charge < -0.3 is 10.1 Å². The summed E-state index contributed by atoms with van der Waals surface area (Å²) in [5.41, 5.74) is 12.3. The van der Waals surface area contributed by atoms with E-state index in [2.05, 4.69) is 115 Å². The number of nitriles is 1. The fourth-order valence-electron chi connectivity index (χ4n) is 11.5. The molecular formula is C48H49N3O. The summed E-state index contributed by atoms with van der Waals surface area (Å²) in [5, 5.41) is 14.4. The van der Waals surface area contributed by atoms with Gasteiger partial charge >= 0.3 is 0 Å². The Bertz CT molecular complexity index is 2070.